The molecule has 3 aliphatic rings. The van der Waals surface area contributed by atoms with Gasteiger partial charge in [0.05, 0.1) is 18.8 Å². The Labute approximate surface area is 190 Å². The fraction of sp³-hybridized carbons (Fsp3) is 0.591. The monoisotopic (exact) mass is 466 g/mol. The molecule has 2 N–H and O–H groups in total. The van der Waals surface area contributed by atoms with Gasteiger partial charge in [-0.05, 0) is 20.8 Å². The molecule has 33 heavy (non-hydrogen) atoms. The summed E-state index contributed by atoms with van der Waals surface area (Å²) in [6.07, 6.45) is -1.83. The van der Waals surface area contributed by atoms with E-state index in [1.165, 1.54) is 6.92 Å². The molecule has 0 spiro atoms. The second kappa shape index (κ2) is 8.35. The third-order valence-electron chi connectivity index (χ3n) is 5.96. The number of hydrogen-bond acceptors (Lipinski definition) is 6. The first-order valence-corrected chi connectivity index (χ1v) is 10.9. The van der Waals surface area contributed by atoms with Gasteiger partial charge in [0.15, 0.2) is 11.6 Å². The predicted octanol–water partition coefficient (Wildman–Crippen LogP) is 2.39. The second-order valence-electron chi connectivity index (χ2n) is 9.72. The summed E-state index contributed by atoms with van der Waals surface area (Å²) in [4.78, 5) is 37.9. The van der Waals surface area contributed by atoms with Gasteiger partial charge >= 0.3 is 12.2 Å². The van der Waals surface area contributed by atoms with Crippen LogP contribution in [0.5, 0.6) is 0 Å². The number of rotatable bonds is 5. The van der Waals surface area contributed by atoms with Crippen molar-refractivity contribution >= 4 is 29.5 Å². The zero-order chi connectivity index (χ0) is 24.1. The summed E-state index contributed by atoms with van der Waals surface area (Å²) >= 11 is 0. The average Bonchev–Trinajstić information content (AvgIpc) is 3.02. The summed E-state index contributed by atoms with van der Waals surface area (Å²) in [6, 6.07) is 2.16. The highest BCUT2D eigenvalue weighted by atomic mass is 19.1. The van der Waals surface area contributed by atoms with E-state index in [0.717, 1.165) is 17.0 Å². The van der Waals surface area contributed by atoms with Gasteiger partial charge < -0.3 is 25.0 Å². The molecule has 1 aromatic carbocycles. The predicted molar refractivity (Wildman–Crippen MR) is 115 cm³/mol. The largest absolute Gasteiger partial charge is 0.444 e. The van der Waals surface area contributed by atoms with Gasteiger partial charge in [0.1, 0.15) is 17.4 Å². The number of ether oxygens (including phenoxy) is 2. The molecule has 11 heteroatoms. The first kappa shape index (κ1) is 23.1. The Kier molecular flexibility index (Phi) is 5.83. The number of nitrogens with one attached hydrogen (secondary N) is 2. The van der Waals surface area contributed by atoms with Gasteiger partial charge in [0.25, 0.3) is 0 Å². The van der Waals surface area contributed by atoms with Crippen molar-refractivity contribution in [3.8, 4) is 0 Å². The highest BCUT2D eigenvalue weighted by Crippen LogP contribution is 2.48. The Hall–Kier alpha value is -3.11. The number of alkyl carbamates (subject to hydrolysis) is 1. The summed E-state index contributed by atoms with van der Waals surface area (Å²) < 4.78 is 40.3. The molecule has 0 bridgehead atoms. The van der Waals surface area contributed by atoms with Crippen LogP contribution < -0.4 is 20.4 Å². The second-order valence-corrected chi connectivity index (χ2v) is 9.72. The number of piperidine rings is 1. The highest BCUT2D eigenvalue weighted by molar-refractivity contribution is 5.90. The smallest absolute Gasteiger partial charge is 0.414 e. The summed E-state index contributed by atoms with van der Waals surface area (Å²) in [5, 5.41) is 5.38. The van der Waals surface area contributed by atoms with Crippen molar-refractivity contribution in [3.05, 3.63) is 23.8 Å². The van der Waals surface area contributed by atoms with Crippen LogP contribution in [0.2, 0.25) is 0 Å². The molecule has 1 saturated carbocycles. The highest BCUT2D eigenvalue weighted by Gasteiger charge is 2.57. The van der Waals surface area contributed by atoms with Crippen molar-refractivity contribution in [2.45, 2.75) is 45.4 Å². The fourth-order valence-electron chi connectivity index (χ4n) is 4.47. The van der Waals surface area contributed by atoms with E-state index in [2.05, 4.69) is 10.6 Å². The van der Waals surface area contributed by atoms with Crippen molar-refractivity contribution in [3.63, 3.8) is 0 Å². The molecule has 1 aliphatic carbocycles. The standard InChI is InChI=1S/C22H28F2N4O5/c1-11(29)25-7-13-8-28(21(31)32-13)12-5-16(23)19(17(24)6-12)27-9-14-15(10-27)18(14)26-20(30)33-22(2,3)4/h5-6,13-15,18H,7-10H2,1-4H3,(H,25,29)(H,26,30)/t13-,14?,15?,18?/m0/s1. The van der Waals surface area contributed by atoms with Crippen LogP contribution in [-0.4, -0.2) is 62.0 Å². The molecular weight excluding hydrogens is 438 g/mol. The third kappa shape index (κ3) is 4.96. The lowest BCUT2D eigenvalue weighted by Crippen LogP contribution is -2.38. The van der Waals surface area contributed by atoms with Gasteiger partial charge in [-0.25, -0.2) is 18.4 Å². The maximum atomic E-state index is 14.9. The lowest BCUT2D eigenvalue weighted by Gasteiger charge is -2.25. The van der Waals surface area contributed by atoms with Crippen LogP contribution in [0.25, 0.3) is 0 Å². The summed E-state index contributed by atoms with van der Waals surface area (Å²) in [7, 11) is 0. The van der Waals surface area contributed by atoms with Crippen LogP contribution >= 0.6 is 0 Å². The van der Waals surface area contributed by atoms with Crippen LogP contribution in [0, 0.1) is 23.5 Å². The van der Waals surface area contributed by atoms with Gasteiger partial charge in [0, 0.05) is 50.0 Å². The number of halogens is 2. The van der Waals surface area contributed by atoms with Crippen LogP contribution in [0.3, 0.4) is 0 Å². The third-order valence-corrected chi connectivity index (χ3v) is 5.96. The average molecular weight is 466 g/mol. The lowest BCUT2D eigenvalue weighted by atomic mass is 10.2. The zero-order valence-corrected chi connectivity index (χ0v) is 19.0. The van der Waals surface area contributed by atoms with E-state index in [0.29, 0.717) is 13.1 Å². The molecule has 2 unspecified atom stereocenters. The zero-order valence-electron chi connectivity index (χ0n) is 19.0. The molecule has 3 fully saturated rings. The Morgan fingerprint density at radius 2 is 1.76 bits per heavy atom. The van der Waals surface area contributed by atoms with E-state index in [1.807, 2.05) is 0 Å². The van der Waals surface area contributed by atoms with E-state index in [1.54, 1.807) is 25.7 Å². The van der Waals surface area contributed by atoms with Gasteiger partial charge in [-0.3, -0.25) is 9.69 Å². The molecule has 4 rings (SSSR count). The minimum atomic E-state index is -0.777. The van der Waals surface area contributed by atoms with E-state index >= 15 is 0 Å². The van der Waals surface area contributed by atoms with Gasteiger partial charge in [-0.15, -0.1) is 0 Å². The van der Waals surface area contributed by atoms with Crippen LogP contribution in [-0.2, 0) is 14.3 Å². The first-order valence-electron chi connectivity index (χ1n) is 10.9. The van der Waals surface area contributed by atoms with Crippen LogP contribution in [0.4, 0.5) is 29.7 Å². The number of carbonyl (C=O) groups excluding carboxylic acids is 3. The summed E-state index contributed by atoms with van der Waals surface area (Å²) in [5.41, 5.74) is -0.693. The molecule has 9 nitrogen and oxygen atoms in total. The van der Waals surface area contributed by atoms with Crippen molar-refractivity contribution in [2.75, 3.05) is 36.0 Å². The molecule has 1 aromatic rings. The van der Waals surface area contributed by atoms with E-state index in [-0.39, 0.29) is 48.2 Å². The Morgan fingerprint density at radius 3 is 2.30 bits per heavy atom. The maximum absolute atomic E-state index is 14.9. The van der Waals surface area contributed by atoms with Crippen LogP contribution in [0.1, 0.15) is 27.7 Å². The molecule has 2 aliphatic heterocycles. The molecular formula is C22H28F2N4O5. The molecule has 2 saturated heterocycles. The SMILES string of the molecule is CC(=O)NC[C@H]1CN(c2cc(F)c(N3CC4C(C3)C4NC(=O)OC(C)(C)C)c(F)c2)C(=O)O1. The Bertz CT molecular complexity index is 947. The number of carbonyl (C=O) groups is 3. The molecule has 0 aromatic heterocycles. The fourth-order valence-corrected chi connectivity index (χ4v) is 4.47. The number of cyclic esters (lactones) is 1. The van der Waals surface area contributed by atoms with Gasteiger partial charge in [0.2, 0.25) is 5.91 Å². The van der Waals surface area contributed by atoms with E-state index < -0.39 is 35.5 Å². The topological polar surface area (TPSA) is 100 Å². The number of hydrogen-bond donors (Lipinski definition) is 2. The van der Waals surface area contributed by atoms with Crippen molar-refractivity contribution in [1.29, 1.82) is 0 Å². The molecule has 2 heterocycles. The molecule has 3 atom stereocenters. The Balaban J connectivity index is 1.37. The molecule has 180 valence electrons. The van der Waals surface area contributed by atoms with E-state index in [9.17, 15) is 23.2 Å². The number of benzene rings is 1. The quantitative estimate of drug-likeness (QED) is 0.691. The number of fused-ring (bicyclic) bond motifs is 1. The summed E-state index contributed by atoms with van der Waals surface area (Å²) in [5.74, 6) is -1.63. The first-order chi connectivity index (χ1) is 15.4. The number of nitrogens with zero attached hydrogens (tertiary/aromatic N) is 2. The van der Waals surface area contributed by atoms with E-state index in [4.69, 9.17) is 9.47 Å². The Morgan fingerprint density at radius 1 is 1.15 bits per heavy atom. The maximum Gasteiger partial charge on any atom is 0.414 e. The van der Waals surface area contributed by atoms with Gasteiger partial charge in [-0.1, -0.05) is 0 Å². The lowest BCUT2D eigenvalue weighted by molar-refractivity contribution is -0.119. The van der Waals surface area contributed by atoms with Crippen molar-refractivity contribution in [1.82, 2.24) is 10.6 Å². The molecule has 3 amide bonds. The van der Waals surface area contributed by atoms with Crippen LogP contribution in [0.15, 0.2) is 12.1 Å². The van der Waals surface area contributed by atoms with Gasteiger partial charge in [-0.2, -0.15) is 0 Å². The normalized spacial score (nSPS) is 26.1. The number of amides is 3. The number of anilines is 2. The van der Waals surface area contributed by atoms with Crippen molar-refractivity contribution in [2.24, 2.45) is 11.8 Å². The minimum absolute atomic E-state index is 0.0536. The minimum Gasteiger partial charge on any atom is -0.444 e. The van der Waals surface area contributed by atoms with Crippen molar-refractivity contribution < 1.29 is 32.6 Å². The molecule has 0 radical (unpaired) electrons. The summed E-state index contributed by atoms with van der Waals surface area (Å²) in [6.45, 7) is 7.69.